The molecule has 2 aliphatic rings. The number of phenols is 1. The van der Waals surface area contributed by atoms with Crippen molar-refractivity contribution in [1.29, 1.82) is 0 Å². The predicted octanol–water partition coefficient (Wildman–Crippen LogP) is 3.20. The van der Waals surface area contributed by atoms with E-state index in [9.17, 15) is 9.90 Å². The number of ether oxygens (including phenoxy) is 1. The van der Waals surface area contributed by atoms with Gasteiger partial charge in [0.2, 0.25) is 0 Å². The number of aromatic hydroxyl groups is 1. The molecule has 1 aliphatic heterocycles. The van der Waals surface area contributed by atoms with E-state index in [1.807, 2.05) is 4.90 Å². The van der Waals surface area contributed by atoms with E-state index in [2.05, 4.69) is 0 Å². The Morgan fingerprint density at radius 2 is 2.00 bits per heavy atom. The van der Waals surface area contributed by atoms with Crippen LogP contribution >= 0.6 is 0 Å². The van der Waals surface area contributed by atoms with E-state index in [-0.39, 0.29) is 11.7 Å². The Hall–Kier alpha value is -1.71. The summed E-state index contributed by atoms with van der Waals surface area (Å²) in [7, 11) is 1.50. The standard InChI is InChI=1S/C17H23NO3/c1-21-15-10-4-8-13(16(15)19)17(20)18-11-5-7-12-6-2-3-9-14(12)18/h4,8,10,12,14,19H,2-3,5-7,9,11H2,1H3/t12-,14-/m1/s1. The number of amides is 1. The van der Waals surface area contributed by atoms with Crippen molar-refractivity contribution < 1.29 is 14.6 Å². The van der Waals surface area contributed by atoms with Crippen LogP contribution in [-0.2, 0) is 0 Å². The first-order valence-corrected chi connectivity index (χ1v) is 7.89. The molecule has 1 aromatic carbocycles. The first-order chi connectivity index (χ1) is 10.2. The van der Waals surface area contributed by atoms with Crippen LogP contribution in [0.4, 0.5) is 0 Å². The maximum absolute atomic E-state index is 12.9. The SMILES string of the molecule is COc1cccc(C(=O)N2CCC[C@H]3CCCC[C@H]32)c1O. The quantitative estimate of drug-likeness (QED) is 0.909. The minimum atomic E-state index is -0.0528. The zero-order chi connectivity index (χ0) is 14.8. The van der Waals surface area contributed by atoms with Crippen LogP contribution in [0.3, 0.4) is 0 Å². The molecule has 0 aromatic heterocycles. The average molecular weight is 289 g/mol. The summed E-state index contributed by atoms with van der Waals surface area (Å²) in [5.74, 6) is 0.910. The number of phenolic OH excluding ortho intramolecular Hbond substituents is 1. The van der Waals surface area contributed by atoms with Crippen LogP contribution in [0.5, 0.6) is 11.5 Å². The monoisotopic (exact) mass is 289 g/mol. The molecule has 2 atom stereocenters. The van der Waals surface area contributed by atoms with Crippen LogP contribution in [0.25, 0.3) is 0 Å². The van der Waals surface area contributed by atoms with E-state index in [4.69, 9.17) is 4.74 Å². The molecule has 0 spiro atoms. The fourth-order valence-electron chi connectivity index (χ4n) is 3.89. The van der Waals surface area contributed by atoms with Crippen molar-refractivity contribution in [2.45, 2.75) is 44.6 Å². The maximum atomic E-state index is 12.9. The van der Waals surface area contributed by atoms with E-state index in [1.165, 1.54) is 32.8 Å². The second-order valence-electron chi connectivity index (χ2n) is 6.11. The molecule has 3 rings (SSSR count). The molecule has 114 valence electrons. The van der Waals surface area contributed by atoms with Gasteiger partial charge in [-0.3, -0.25) is 4.79 Å². The van der Waals surface area contributed by atoms with Gasteiger partial charge in [-0.2, -0.15) is 0 Å². The number of para-hydroxylation sites is 1. The largest absolute Gasteiger partial charge is 0.504 e. The molecule has 1 N–H and O–H groups in total. The van der Waals surface area contributed by atoms with Gasteiger partial charge < -0.3 is 14.7 Å². The highest BCUT2D eigenvalue weighted by Crippen LogP contribution is 2.37. The molecule has 1 aromatic rings. The molecule has 1 saturated heterocycles. The highest BCUT2D eigenvalue weighted by atomic mass is 16.5. The Bertz CT molecular complexity index is 527. The van der Waals surface area contributed by atoms with Crippen molar-refractivity contribution in [3.8, 4) is 11.5 Å². The normalized spacial score (nSPS) is 25.3. The molecule has 1 heterocycles. The van der Waals surface area contributed by atoms with Crippen LogP contribution in [-0.4, -0.2) is 35.6 Å². The van der Waals surface area contributed by atoms with Gasteiger partial charge in [0.1, 0.15) is 0 Å². The number of benzene rings is 1. The van der Waals surface area contributed by atoms with Gasteiger partial charge in [0.05, 0.1) is 12.7 Å². The van der Waals surface area contributed by atoms with Gasteiger partial charge in [-0.15, -0.1) is 0 Å². The molecule has 1 amide bonds. The van der Waals surface area contributed by atoms with E-state index in [0.29, 0.717) is 23.3 Å². The predicted molar refractivity (Wildman–Crippen MR) is 80.7 cm³/mol. The molecule has 0 radical (unpaired) electrons. The number of carbonyl (C=O) groups excluding carboxylic acids is 1. The molecule has 2 fully saturated rings. The Kier molecular flexibility index (Phi) is 4.04. The Morgan fingerprint density at radius 1 is 1.24 bits per heavy atom. The fraction of sp³-hybridized carbons (Fsp3) is 0.588. The van der Waals surface area contributed by atoms with Crippen molar-refractivity contribution in [1.82, 2.24) is 4.90 Å². The Balaban J connectivity index is 1.87. The topological polar surface area (TPSA) is 49.8 Å². The van der Waals surface area contributed by atoms with Crippen molar-refractivity contribution in [3.63, 3.8) is 0 Å². The molecule has 4 nitrogen and oxygen atoms in total. The van der Waals surface area contributed by atoms with Gasteiger partial charge in [0, 0.05) is 12.6 Å². The van der Waals surface area contributed by atoms with E-state index >= 15 is 0 Å². The summed E-state index contributed by atoms with van der Waals surface area (Å²) in [6, 6.07) is 5.47. The third kappa shape index (κ3) is 2.59. The zero-order valence-corrected chi connectivity index (χ0v) is 12.5. The summed E-state index contributed by atoms with van der Waals surface area (Å²) in [4.78, 5) is 14.8. The third-order valence-electron chi connectivity index (χ3n) is 4.95. The van der Waals surface area contributed by atoms with Crippen LogP contribution in [0.2, 0.25) is 0 Å². The Morgan fingerprint density at radius 3 is 2.81 bits per heavy atom. The summed E-state index contributed by atoms with van der Waals surface area (Å²) in [6.07, 6.45) is 7.12. The van der Waals surface area contributed by atoms with Gasteiger partial charge in [-0.05, 0) is 43.7 Å². The maximum Gasteiger partial charge on any atom is 0.258 e. The number of hydrogen-bond acceptors (Lipinski definition) is 3. The van der Waals surface area contributed by atoms with Crippen molar-refractivity contribution in [2.75, 3.05) is 13.7 Å². The molecule has 21 heavy (non-hydrogen) atoms. The first-order valence-electron chi connectivity index (χ1n) is 7.89. The zero-order valence-electron chi connectivity index (χ0n) is 12.5. The minimum absolute atomic E-state index is 0.0390. The summed E-state index contributed by atoms with van der Waals surface area (Å²) in [5.41, 5.74) is 0.362. The van der Waals surface area contributed by atoms with Crippen LogP contribution < -0.4 is 4.74 Å². The van der Waals surface area contributed by atoms with Crippen LogP contribution in [0, 0.1) is 5.92 Å². The molecule has 0 unspecified atom stereocenters. The number of nitrogens with zero attached hydrogens (tertiary/aromatic N) is 1. The van der Waals surface area contributed by atoms with Gasteiger partial charge in [0.25, 0.3) is 5.91 Å². The second kappa shape index (κ2) is 5.96. The van der Waals surface area contributed by atoms with Crippen LogP contribution in [0.1, 0.15) is 48.9 Å². The molecule has 0 bridgehead atoms. The van der Waals surface area contributed by atoms with Crippen LogP contribution in [0.15, 0.2) is 18.2 Å². The molecule has 1 aliphatic carbocycles. The summed E-state index contributed by atoms with van der Waals surface area (Å²) >= 11 is 0. The lowest BCUT2D eigenvalue weighted by Gasteiger charge is -2.44. The highest BCUT2D eigenvalue weighted by Gasteiger charge is 2.36. The Labute approximate surface area is 125 Å². The van der Waals surface area contributed by atoms with Gasteiger partial charge in [-0.25, -0.2) is 0 Å². The molecular formula is C17H23NO3. The summed E-state index contributed by atoms with van der Waals surface area (Å²) < 4.78 is 5.11. The number of methoxy groups -OCH3 is 1. The molecule has 1 saturated carbocycles. The summed E-state index contributed by atoms with van der Waals surface area (Å²) in [6.45, 7) is 0.802. The van der Waals surface area contributed by atoms with Crippen molar-refractivity contribution in [2.24, 2.45) is 5.92 Å². The van der Waals surface area contributed by atoms with E-state index in [0.717, 1.165) is 19.4 Å². The van der Waals surface area contributed by atoms with Gasteiger partial charge >= 0.3 is 0 Å². The lowest BCUT2D eigenvalue weighted by atomic mass is 9.78. The highest BCUT2D eigenvalue weighted by molar-refractivity contribution is 5.98. The lowest BCUT2D eigenvalue weighted by molar-refractivity contribution is 0.0387. The lowest BCUT2D eigenvalue weighted by Crippen LogP contribution is -2.49. The summed E-state index contributed by atoms with van der Waals surface area (Å²) in [5, 5.41) is 10.2. The van der Waals surface area contributed by atoms with Gasteiger partial charge in [-0.1, -0.05) is 18.9 Å². The number of hydrogen-bond donors (Lipinski definition) is 1. The van der Waals surface area contributed by atoms with E-state index in [1.54, 1.807) is 18.2 Å². The first kappa shape index (κ1) is 14.2. The van der Waals surface area contributed by atoms with Crippen molar-refractivity contribution in [3.05, 3.63) is 23.8 Å². The molecule has 4 heteroatoms. The number of rotatable bonds is 2. The number of likely N-dealkylation sites (tertiary alicyclic amines) is 1. The van der Waals surface area contributed by atoms with Gasteiger partial charge in [0.15, 0.2) is 11.5 Å². The number of fused-ring (bicyclic) bond motifs is 1. The number of piperidine rings is 1. The van der Waals surface area contributed by atoms with Crippen molar-refractivity contribution >= 4 is 5.91 Å². The minimum Gasteiger partial charge on any atom is -0.504 e. The average Bonchev–Trinajstić information content (AvgIpc) is 2.54. The smallest absolute Gasteiger partial charge is 0.258 e. The number of carbonyl (C=O) groups is 1. The second-order valence-corrected chi connectivity index (χ2v) is 6.11. The van der Waals surface area contributed by atoms with E-state index < -0.39 is 0 Å². The molecular weight excluding hydrogens is 266 g/mol. The third-order valence-corrected chi connectivity index (χ3v) is 4.95. The fourth-order valence-corrected chi connectivity index (χ4v) is 3.89.